The Balaban J connectivity index is 2.59. The maximum Gasteiger partial charge on any atom is 0.192 e. The highest BCUT2D eigenvalue weighted by Crippen LogP contribution is 2.37. The Morgan fingerprint density at radius 1 is 1.21 bits per heavy atom. The van der Waals surface area contributed by atoms with Crippen LogP contribution in [0.4, 0.5) is 4.39 Å². The summed E-state index contributed by atoms with van der Waals surface area (Å²) >= 11 is 0. The lowest BCUT2D eigenvalue weighted by Gasteiger charge is -2.37. The van der Waals surface area contributed by atoms with Crippen molar-refractivity contribution in [3.63, 3.8) is 0 Å². The first-order valence-corrected chi connectivity index (χ1v) is 9.57. The molecule has 0 aliphatic rings. The summed E-state index contributed by atoms with van der Waals surface area (Å²) in [7, 11) is -1.94. The first-order valence-electron chi connectivity index (χ1n) is 6.66. The summed E-state index contributed by atoms with van der Waals surface area (Å²) in [6.45, 7) is 10.6. The molecule has 0 radical (unpaired) electrons. The van der Waals surface area contributed by atoms with E-state index in [2.05, 4.69) is 33.9 Å². The van der Waals surface area contributed by atoms with Gasteiger partial charge in [-0.15, -0.1) is 0 Å². The monoisotopic (exact) mass is 284 g/mol. The standard InChI is InChI=1S/C15H25FO2Si/c1-15(2,3)19(4,5)18-11-13(17)14(16)12-9-7-6-8-10-12/h6-10,13-14,17H,11H2,1-5H3/t13-,14-/m1/s1. The van der Waals surface area contributed by atoms with Crippen molar-refractivity contribution >= 4 is 8.32 Å². The van der Waals surface area contributed by atoms with Crippen molar-refractivity contribution in [3.8, 4) is 0 Å². The van der Waals surface area contributed by atoms with Crippen molar-refractivity contribution in [2.24, 2.45) is 0 Å². The molecule has 2 atom stereocenters. The molecule has 19 heavy (non-hydrogen) atoms. The Bertz CT molecular complexity index is 387. The lowest BCUT2D eigenvalue weighted by Crippen LogP contribution is -2.43. The molecule has 0 spiro atoms. The molecule has 0 bridgehead atoms. The molecular weight excluding hydrogens is 259 g/mol. The summed E-state index contributed by atoms with van der Waals surface area (Å²) in [6.07, 6.45) is -2.51. The highest BCUT2D eigenvalue weighted by atomic mass is 28.4. The molecule has 1 N–H and O–H groups in total. The predicted octanol–water partition coefficient (Wildman–Crippen LogP) is 4.08. The van der Waals surface area contributed by atoms with Gasteiger partial charge in [0, 0.05) is 0 Å². The summed E-state index contributed by atoms with van der Waals surface area (Å²) in [6, 6.07) is 8.72. The van der Waals surface area contributed by atoms with Gasteiger partial charge in [0.1, 0.15) is 6.10 Å². The van der Waals surface area contributed by atoms with Gasteiger partial charge in [-0.3, -0.25) is 0 Å². The average Bonchev–Trinajstić information content (AvgIpc) is 2.35. The highest BCUT2D eigenvalue weighted by Gasteiger charge is 2.38. The normalized spacial score (nSPS) is 16.2. The summed E-state index contributed by atoms with van der Waals surface area (Å²) in [5.41, 5.74) is 0.494. The maximum atomic E-state index is 14.1. The zero-order valence-electron chi connectivity index (χ0n) is 12.5. The average molecular weight is 284 g/mol. The van der Waals surface area contributed by atoms with Gasteiger partial charge >= 0.3 is 0 Å². The molecule has 1 aromatic carbocycles. The number of halogens is 1. The van der Waals surface area contributed by atoms with Gasteiger partial charge in [-0.05, 0) is 23.7 Å². The van der Waals surface area contributed by atoms with Crippen molar-refractivity contribution < 1.29 is 13.9 Å². The van der Waals surface area contributed by atoms with E-state index < -0.39 is 20.6 Å². The molecule has 1 aromatic rings. The van der Waals surface area contributed by atoms with Crippen molar-refractivity contribution in [1.82, 2.24) is 0 Å². The quantitative estimate of drug-likeness (QED) is 0.826. The van der Waals surface area contributed by atoms with E-state index in [1.807, 2.05) is 6.07 Å². The fraction of sp³-hybridized carbons (Fsp3) is 0.600. The largest absolute Gasteiger partial charge is 0.414 e. The molecule has 0 fully saturated rings. The predicted molar refractivity (Wildman–Crippen MR) is 79.4 cm³/mol. The van der Waals surface area contributed by atoms with Crippen LogP contribution >= 0.6 is 0 Å². The highest BCUT2D eigenvalue weighted by molar-refractivity contribution is 6.74. The summed E-state index contributed by atoms with van der Waals surface area (Å²) < 4.78 is 19.9. The smallest absolute Gasteiger partial charge is 0.192 e. The Hall–Kier alpha value is -0.713. The van der Waals surface area contributed by atoms with Crippen LogP contribution in [0.1, 0.15) is 32.5 Å². The first-order chi connectivity index (χ1) is 8.65. The zero-order chi connectivity index (χ0) is 14.7. The van der Waals surface area contributed by atoms with Crippen LogP contribution in [-0.4, -0.2) is 26.1 Å². The van der Waals surface area contributed by atoms with Crippen LogP contribution in [0, 0.1) is 0 Å². The lowest BCUT2D eigenvalue weighted by molar-refractivity contribution is 0.0319. The van der Waals surface area contributed by atoms with Gasteiger partial charge in [-0.2, -0.15) is 0 Å². The van der Waals surface area contributed by atoms with E-state index in [4.69, 9.17) is 4.43 Å². The third-order valence-electron chi connectivity index (χ3n) is 3.88. The molecule has 0 aliphatic heterocycles. The molecule has 0 heterocycles. The van der Waals surface area contributed by atoms with Crippen molar-refractivity contribution in [2.75, 3.05) is 6.61 Å². The van der Waals surface area contributed by atoms with Gasteiger partial charge in [-0.1, -0.05) is 51.1 Å². The van der Waals surface area contributed by atoms with Crippen molar-refractivity contribution in [2.45, 2.75) is 51.2 Å². The van der Waals surface area contributed by atoms with E-state index in [-0.39, 0.29) is 11.6 Å². The van der Waals surface area contributed by atoms with Crippen LogP contribution in [0.25, 0.3) is 0 Å². The minimum absolute atomic E-state index is 0.0482. The minimum atomic E-state index is -1.94. The topological polar surface area (TPSA) is 29.5 Å². The summed E-state index contributed by atoms with van der Waals surface area (Å²) in [5.74, 6) is 0. The zero-order valence-corrected chi connectivity index (χ0v) is 13.5. The van der Waals surface area contributed by atoms with Gasteiger partial charge in [-0.25, -0.2) is 4.39 Å². The van der Waals surface area contributed by atoms with Gasteiger partial charge in [0.05, 0.1) is 6.61 Å². The Morgan fingerprint density at radius 3 is 2.21 bits per heavy atom. The van der Waals surface area contributed by atoms with Gasteiger partial charge < -0.3 is 9.53 Å². The molecular formula is C15H25FO2Si. The molecule has 0 aliphatic carbocycles. The molecule has 0 aromatic heterocycles. The fourth-order valence-corrected chi connectivity index (χ4v) is 2.47. The van der Waals surface area contributed by atoms with E-state index in [9.17, 15) is 9.50 Å². The van der Waals surface area contributed by atoms with Crippen molar-refractivity contribution in [1.29, 1.82) is 0 Å². The molecule has 0 unspecified atom stereocenters. The minimum Gasteiger partial charge on any atom is -0.414 e. The van der Waals surface area contributed by atoms with Gasteiger partial charge in [0.15, 0.2) is 14.5 Å². The number of rotatable bonds is 5. The molecule has 0 saturated carbocycles. The first kappa shape index (κ1) is 16.3. The molecule has 2 nitrogen and oxygen atoms in total. The third kappa shape index (κ3) is 4.40. The maximum absolute atomic E-state index is 14.1. The number of aliphatic hydroxyl groups is 1. The molecule has 4 heteroatoms. The lowest BCUT2D eigenvalue weighted by atomic mass is 10.1. The molecule has 0 amide bonds. The number of aliphatic hydroxyl groups excluding tert-OH is 1. The molecule has 108 valence electrons. The van der Waals surface area contributed by atoms with Crippen LogP contribution in [-0.2, 0) is 4.43 Å². The third-order valence-corrected chi connectivity index (χ3v) is 8.38. The van der Waals surface area contributed by atoms with Gasteiger partial charge in [0.25, 0.3) is 0 Å². The van der Waals surface area contributed by atoms with E-state index in [1.54, 1.807) is 24.3 Å². The summed E-state index contributed by atoms with van der Waals surface area (Å²) in [4.78, 5) is 0. The van der Waals surface area contributed by atoms with E-state index >= 15 is 0 Å². The van der Waals surface area contributed by atoms with Gasteiger partial charge in [0.2, 0.25) is 0 Å². The SMILES string of the molecule is CC(C)(C)[Si](C)(C)OC[C@@H](O)[C@H](F)c1ccccc1. The van der Waals surface area contributed by atoms with Crippen molar-refractivity contribution in [3.05, 3.63) is 35.9 Å². The van der Waals surface area contributed by atoms with Crippen LogP contribution in [0.5, 0.6) is 0 Å². The van der Waals surface area contributed by atoms with Crippen LogP contribution < -0.4 is 0 Å². The van der Waals surface area contributed by atoms with Crippen LogP contribution in [0.3, 0.4) is 0 Å². The molecule has 1 rings (SSSR count). The second-order valence-electron chi connectivity index (χ2n) is 6.45. The van der Waals surface area contributed by atoms with E-state index in [0.29, 0.717) is 5.56 Å². The van der Waals surface area contributed by atoms with Crippen LogP contribution in [0.2, 0.25) is 18.1 Å². The number of alkyl halides is 1. The molecule has 0 saturated heterocycles. The van der Waals surface area contributed by atoms with E-state index in [0.717, 1.165) is 0 Å². The Kier molecular flexibility index (Phi) is 5.30. The number of hydrogen-bond acceptors (Lipinski definition) is 2. The van der Waals surface area contributed by atoms with Crippen LogP contribution in [0.15, 0.2) is 30.3 Å². The summed E-state index contributed by atoms with van der Waals surface area (Å²) in [5, 5.41) is 9.98. The Morgan fingerprint density at radius 2 is 1.74 bits per heavy atom. The number of benzene rings is 1. The van der Waals surface area contributed by atoms with E-state index in [1.165, 1.54) is 0 Å². The number of hydrogen-bond donors (Lipinski definition) is 1. The second-order valence-corrected chi connectivity index (χ2v) is 11.3. The Labute approximate surface area is 116 Å². The fourth-order valence-electron chi connectivity index (χ4n) is 1.45. The second kappa shape index (κ2) is 6.16.